The number of carboxylic acids is 1. The van der Waals surface area contributed by atoms with Crippen LogP contribution in [0, 0.1) is 0 Å². The number of aromatic hydroxyl groups is 1. The molecule has 4 heterocycles. The van der Waals surface area contributed by atoms with Gasteiger partial charge in [-0.1, -0.05) is 102 Å². The van der Waals surface area contributed by atoms with Crippen LogP contribution in [0.15, 0.2) is 179 Å². The largest absolute Gasteiger partial charge is 0.508 e. The number of hydrogen-bond donors (Lipinski definition) is 5. The number of carbonyl (C=O) groups excluding carboxylic acids is 3. The Labute approximate surface area is 457 Å². The fraction of sp³-hybridized carbons (Fsp3) is 0.121. The predicted octanol–water partition coefficient (Wildman–Crippen LogP) is 10.7. The van der Waals surface area contributed by atoms with E-state index in [9.17, 15) is 24.3 Å². The summed E-state index contributed by atoms with van der Waals surface area (Å²) in [4.78, 5) is 60.9. The van der Waals surface area contributed by atoms with E-state index in [-0.39, 0.29) is 29.9 Å². The van der Waals surface area contributed by atoms with Crippen molar-refractivity contribution >= 4 is 52.4 Å². The molecule has 20 nitrogen and oxygen atoms in total. The van der Waals surface area contributed by atoms with Gasteiger partial charge in [0.2, 0.25) is 23.4 Å². The number of aliphatic carboxylic acids is 1. The number of nitrogens with one attached hydrogen (secondary N) is 3. The highest BCUT2D eigenvalue weighted by Crippen LogP contribution is 2.26. The number of nitrogens with zero attached hydrogens (tertiary/aromatic N) is 8. The van der Waals surface area contributed by atoms with Crippen LogP contribution in [0.3, 0.4) is 0 Å². The molecule has 0 radical (unpaired) electrons. The van der Waals surface area contributed by atoms with E-state index in [1.54, 1.807) is 95.8 Å². The number of phenolic OH excluding ortho intramolecular Hbond substituents is 1. The Balaban J connectivity index is 0.000000157. The van der Waals surface area contributed by atoms with E-state index in [2.05, 4.69) is 51.5 Å². The summed E-state index contributed by atoms with van der Waals surface area (Å²) in [6, 6.07) is 43.9. The summed E-state index contributed by atoms with van der Waals surface area (Å²) in [7, 11) is 1.52. The summed E-state index contributed by atoms with van der Waals surface area (Å²) >= 11 is 5.96. The first-order valence-electron chi connectivity index (χ1n) is 24.4. The first-order valence-corrected chi connectivity index (χ1v) is 24.8. The van der Waals surface area contributed by atoms with E-state index in [0.717, 1.165) is 16.8 Å². The monoisotopic (exact) mass is 1080 g/mol. The summed E-state index contributed by atoms with van der Waals surface area (Å²) in [5.74, 6) is 0.465. The van der Waals surface area contributed by atoms with Crippen molar-refractivity contribution in [2.75, 3.05) is 23.1 Å². The van der Waals surface area contributed by atoms with Gasteiger partial charge in [0.1, 0.15) is 17.2 Å². The van der Waals surface area contributed by atoms with E-state index >= 15 is 0 Å². The van der Waals surface area contributed by atoms with E-state index in [1.165, 1.54) is 25.4 Å². The molecule has 21 heteroatoms. The topological polar surface area (TPSA) is 275 Å². The third kappa shape index (κ3) is 15.6. The highest BCUT2D eigenvalue weighted by atomic mass is 35.5. The standard InChI is InChI=1S/C22H17ClN4O.C20H19N3O5.C16H14N4O3/c23-19-10-4-9-18(12-19)22(28)24-20-11-5-8-17(13-20)21-15-27(26-25-21)14-16-6-2-1-3-7-16;1-3-17-22-19(23-28-17)14-7-12(9-18(24)25)8-15(10-14)21-20(26)13-5-4-6-16(11-13)27-2;1-2-14-19-15(20-23-14)11-6-12(9-17-8-11)18-16(22)10-4-3-5-13(21)7-10/h1-13,15H,14H2,(H,24,28);4-8,10-11H,3,9H2,1-2H3,(H,21,26)(H,24,25);3-9,21H,2H2,1H3,(H,18,22). The molecule has 0 fully saturated rings. The lowest BCUT2D eigenvalue weighted by Crippen LogP contribution is -2.12. The Morgan fingerprint density at radius 3 is 1.87 bits per heavy atom. The lowest BCUT2D eigenvalue weighted by molar-refractivity contribution is -0.136. The van der Waals surface area contributed by atoms with Gasteiger partial charge in [0, 0.05) is 68.8 Å². The van der Waals surface area contributed by atoms with Crippen molar-refractivity contribution in [3.05, 3.63) is 215 Å². The van der Waals surface area contributed by atoms with E-state index in [0.29, 0.717) is 104 Å². The van der Waals surface area contributed by atoms with Gasteiger partial charge in [-0.15, -0.1) is 5.10 Å². The first-order chi connectivity index (χ1) is 38.3. The smallest absolute Gasteiger partial charge is 0.307 e. The molecule has 0 aliphatic carbocycles. The van der Waals surface area contributed by atoms with Crippen LogP contribution in [0.4, 0.5) is 17.1 Å². The molecule has 79 heavy (non-hydrogen) atoms. The van der Waals surface area contributed by atoms with E-state index < -0.39 is 5.97 Å². The van der Waals surface area contributed by atoms with Gasteiger partial charge < -0.3 is 39.9 Å². The van der Waals surface area contributed by atoms with Crippen molar-refractivity contribution in [3.63, 3.8) is 0 Å². The molecule has 0 aliphatic heterocycles. The number of halogens is 1. The summed E-state index contributed by atoms with van der Waals surface area (Å²) in [5.41, 5.74) is 7.37. The normalized spacial score (nSPS) is 10.5. The number of carboxylic acid groups (broad SMARTS) is 1. The van der Waals surface area contributed by atoms with Crippen molar-refractivity contribution in [1.82, 2.24) is 40.3 Å². The van der Waals surface area contributed by atoms with Crippen molar-refractivity contribution in [1.29, 1.82) is 0 Å². The van der Waals surface area contributed by atoms with Gasteiger partial charge in [-0.25, -0.2) is 4.68 Å². The van der Waals surface area contributed by atoms with Crippen molar-refractivity contribution in [3.8, 4) is 45.5 Å². The summed E-state index contributed by atoms with van der Waals surface area (Å²) < 4.78 is 17.1. The number of rotatable bonds is 16. The molecule has 0 unspecified atom stereocenters. The predicted molar refractivity (Wildman–Crippen MR) is 295 cm³/mol. The number of aromatic nitrogens is 8. The van der Waals surface area contributed by atoms with Crippen LogP contribution in [0.2, 0.25) is 5.02 Å². The first kappa shape index (κ1) is 54.9. The molecule has 3 amide bonds. The maximum absolute atomic E-state index is 12.6. The Kier molecular flexibility index (Phi) is 18.4. The highest BCUT2D eigenvalue weighted by Gasteiger charge is 2.16. The number of hydrogen-bond acceptors (Lipinski definition) is 15. The third-order valence-corrected chi connectivity index (χ3v) is 11.6. The van der Waals surface area contributed by atoms with Crippen LogP contribution in [-0.4, -0.2) is 81.3 Å². The van der Waals surface area contributed by atoms with Gasteiger partial charge >= 0.3 is 5.97 Å². The number of carbonyl (C=O) groups is 4. The molecule has 0 atom stereocenters. The fourth-order valence-electron chi connectivity index (χ4n) is 7.52. The van der Waals surface area contributed by atoms with E-state index in [1.807, 2.05) is 74.6 Å². The summed E-state index contributed by atoms with van der Waals surface area (Å²) in [6.45, 7) is 4.46. The number of methoxy groups -OCH3 is 1. The Bertz CT molecular complexity index is 3730. The minimum Gasteiger partial charge on any atom is -0.508 e. The van der Waals surface area contributed by atoms with Crippen molar-refractivity contribution in [2.24, 2.45) is 0 Å². The SMILES string of the molecule is CCc1nc(-c2cc(CC(=O)O)cc(NC(=O)c3cccc(OC)c3)c2)no1.CCc1nc(-c2cncc(NC(=O)c3cccc(O)c3)c2)no1.O=C(Nc1cccc(-c2cn(Cc3ccccc3)nn2)c1)c1cccc(Cl)c1. The maximum Gasteiger partial charge on any atom is 0.307 e. The lowest BCUT2D eigenvalue weighted by atomic mass is 10.1. The molecular weight excluding hydrogens is 1030 g/mol. The molecule has 5 N–H and O–H groups in total. The number of ether oxygens (including phenoxy) is 1. The van der Waals surface area contributed by atoms with Gasteiger partial charge in [-0.3, -0.25) is 24.2 Å². The zero-order valence-electron chi connectivity index (χ0n) is 42.7. The van der Waals surface area contributed by atoms with Crippen LogP contribution in [0.5, 0.6) is 11.5 Å². The highest BCUT2D eigenvalue weighted by molar-refractivity contribution is 6.31. The fourth-order valence-corrected chi connectivity index (χ4v) is 7.71. The number of phenols is 1. The second-order valence-electron chi connectivity index (χ2n) is 17.2. The molecule has 0 saturated carbocycles. The average molecular weight is 1080 g/mol. The minimum absolute atomic E-state index is 0.0309. The lowest BCUT2D eigenvalue weighted by Gasteiger charge is -2.10. The van der Waals surface area contributed by atoms with Gasteiger partial charge in [-0.2, -0.15) is 9.97 Å². The number of benzene rings is 6. The van der Waals surface area contributed by atoms with Crippen LogP contribution in [0.25, 0.3) is 34.0 Å². The molecule has 0 bridgehead atoms. The van der Waals surface area contributed by atoms with Crippen LogP contribution in [-0.2, 0) is 30.6 Å². The molecule has 6 aromatic carbocycles. The Morgan fingerprint density at radius 1 is 0.608 bits per heavy atom. The molecule has 0 aliphatic rings. The molecule has 398 valence electrons. The second-order valence-corrected chi connectivity index (χ2v) is 17.6. The van der Waals surface area contributed by atoms with Crippen molar-refractivity contribution < 1.29 is 43.2 Å². The Morgan fingerprint density at radius 2 is 1.22 bits per heavy atom. The van der Waals surface area contributed by atoms with Crippen molar-refractivity contribution in [2.45, 2.75) is 39.7 Å². The number of pyridine rings is 1. The minimum atomic E-state index is -0.982. The van der Waals surface area contributed by atoms with Crippen LogP contribution >= 0.6 is 11.6 Å². The van der Waals surface area contributed by atoms with Gasteiger partial charge in [0.05, 0.1) is 38.2 Å². The number of anilines is 3. The quantitative estimate of drug-likeness (QED) is 0.0601. The second kappa shape index (κ2) is 26.4. The van der Waals surface area contributed by atoms with E-state index in [4.69, 9.17) is 30.5 Å². The average Bonchev–Trinajstić information content (AvgIpc) is 4.27. The van der Waals surface area contributed by atoms with Crippen LogP contribution < -0.4 is 20.7 Å². The number of aryl methyl sites for hydroxylation is 2. The molecule has 10 aromatic rings. The molecular formula is C58H50ClN11O9. The van der Waals surface area contributed by atoms with Gasteiger partial charge in [0.25, 0.3) is 17.7 Å². The Hall–Kier alpha value is -10.3. The summed E-state index contributed by atoms with van der Waals surface area (Å²) in [6.07, 6.45) is 6.04. The molecule has 0 saturated heterocycles. The number of amides is 3. The molecule has 0 spiro atoms. The zero-order chi connectivity index (χ0) is 55.7. The van der Waals surface area contributed by atoms with Gasteiger partial charge in [-0.05, 0) is 102 Å². The molecule has 4 aromatic heterocycles. The van der Waals surface area contributed by atoms with Crippen LogP contribution in [0.1, 0.15) is 67.8 Å². The molecule has 10 rings (SSSR count). The third-order valence-electron chi connectivity index (χ3n) is 11.3. The zero-order valence-corrected chi connectivity index (χ0v) is 43.5. The maximum atomic E-state index is 12.6. The van der Waals surface area contributed by atoms with Gasteiger partial charge in [0.15, 0.2) is 0 Å². The summed E-state index contributed by atoms with van der Waals surface area (Å²) in [5, 5.41) is 43.7.